The molecule has 194 valence electrons. The van der Waals surface area contributed by atoms with Gasteiger partial charge in [-0.15, -0.1) is 4.33 Å². The molecule has 13 nitrogen and oxygen atoms in total. The summed E-state index contributed by atoms with van der Waals surface area (Å²) in [5.41, 5.74) is -1.25. The Labute approximate surface area is 196 Å². The zero-order valence-corrected chi connectivity index (χ0v) is 19.6. The van der Waals surface area contributed by atoms with Gasteiger partial charge in [0.05, 0.1) is 58.0 Å². The second-order valence-electron chi connectivity index (χ2n) is 8.62. The van der Waals surface area contributed by atoms with E-state index in [9.17, 15) is 20.6 Å². The van der Waals surface area contributed by atoms with Gasteiger partial charge in [0.25, 0.3) is 0 Å². The molecule has 3 saturated heterocycles. The zero-order chi connectivity index (χ0) is 24.0. The molecule has 3 fully saturated rings. The minimum Gasteiger partial charge on any atom is -0.691 e. The average molecular weight is 502 g/mol. The summed E-state index contributed by atoms with van der Waals surface area (Å²) in [5.74, 6) is -0.823. The molecule has 0 saturated carbocycles. The standard InChI is InChI=1S/C19H34O13S/c1-19(9-20)18(30-33-32-31-23)11(4-24-2)15(21)14(29-19)7-26-5-10-12-8-27-17(10)16(22)13(28-12)6-25-3/h10-18,20-23H,4-9H2,1-3H3/p-1/t10-,11-,12?,13+,14-,15?,16+,17?,18-,19?/m0/s1. The third-order valence-electron chi connectivity index (χ3n) is 6.45. The van der Waals surface area contributed by atoms with E-state index in [1.807, 2.05) is 0 Å². The van der Waals surface area contributed by atoms with Gasteiger partial charge in [-0.05, 0) is 6.92 Å². The Kier molecular flexibility index (Phi) is 10.5. The summed E-state index contributed by atoms with van der Waals surface area (Å²) < 4.78 is 43.3. The molecule has 3 N–H and O–H groups in total. The second-order valence-corrected chi connectivity index (χ2v) is 9.08. The van der Waals surface area contributed by atoms with Gasteiger partial charge in [0.1, 0.15) is 30.0 Å². The number of hydrogen-bond acceptors (Lipinski definition) is 14. The van der Waals surface area contributed by atoms with E-state index < -0.39 is 54.7 Å². The number of hydrogen-bond donors (Lipinski definition) is 3. The first kappa shape index (κ1) is 27.4. The molecule has 0 aromatic rings. The summed E-state index contributed by atoms with van der Waals surface area (Å²) in [6, 6.07) is 0. The lowest BCUT2D eigenvalue weighted by Crippen LogP contribution is -2.64. The van der Waals surface area contributed by atoms with Crippen molar-refractivity contribution in [1.82, 2.24) is 0 Å². The number of aliphatic hydroxyl groups is 3. The molecule has 14 heteroatoms. The number of rotatable bonds is 13. The Morgan fingerprint density at radius 1 is 1.03 bits per heavy atom. The summed E-state index contributed by atoms with van der Waals surface area (Å²) in [5, 5.41) is 44.7. The highest BCUT2D eigenvalue weighted by Crippen LogP contribution is 2.39. The van der Waals surface area contributed by atoms with E-state index in [4.69, 9.17) is 32.6 Å². The lowest BCUT2D eigenvalue weighted by atomic mass is 9.80. The summed E-state index contributed by atoms with van der Waals surface area (Å²) in [6.45, 7) is 2.08. The Bertz CT molecular complexity index is 588. The minimum atomic E-state index is -1.25. The van der Waals surface area contributed by atoms with Gasteiger partial charge in [-0.1, -0.05) is 0 Å². The van der Waals surface area contributed by atoms with Crippen LogP contribution in [0.2, 0.25) is 0 Å². The first-order valence-corrected chi connectivity index (χ1v) is 11.3. The molecule has 0 aliphatic carbocycles. The first-order valence-electron chi connectivity index (χ1n) is 10.7. The van der Waals surface area contributed by atoms with Crippen molar-refractivity contribution >= 4 is 12.3 Å². The average Bonchev–Trinajstić information content (AvgIpc) is 3.12. The van der Waals surface area contributed by atoms with Crippen molar-refractivity contribution in [1.29, 1.82) is 0 Å². The molecule has 3 aliphatic rings. The summed E-state index contributed by atoms with van der Waals surface area (Å²) >= 11 is 0.274. The Morgan fingerprint density at radius 2 is 1.79 bits per heavy atom. The summed E-state index contributed by atoms with van der Waals surface area (Å²) in [4.78, 5) is 0. The van der Waals surface area contributed by atoms with Crippen molar-refractivity contribution in [2.45, 2.75) is 55.3 Å². The van der Waals surface area contributed by atoms with Crippen molar-refractivity contribution in [2.24, 2.45) is 11.8 Å². The molecule has 10 atom stereocenters. The maximum atomic E-state index is 10.9. The maximum Gasteiger partial charge on any atom is 0.193 e. The minimum absolute atomic E-state index is 0.00450. The van der Waals surface area contributed by atoms with Crippen molar-refractivity contribution in [2.75, 3.05) is 53.9 Å². The third-order valence-corrected chi connectivity index (χ3v) is 6.84. The molecule has 0 radical (unpaired) electrons. The highest BCUT2D eigenvalue weighted by Gasteiger charge is 2.54. The van der Waals surface area contributed by atoms with Gasteiger partial charge in [-0.3, -0.25) is 9.22 Å². The van der Waals surface area contributed by atoms with Gasteiger partial charge in [-0.2, -0.15) is 0 Å². The molecule has 0 spiro atoms. The van der Waals surface area contributed by atoms with Gasteiger partial charge < -0.3 is 49.0 Å². The van der Waals surface area contributed by atoms with Gasteiger partial charge in [0.2, 0.25) is 0 Å². The fourth-order valence-corrected chi connectivity index (χ4v) is 5.25. The predicted octanol–water partition coefficient (Wildman–Crippen LogP) is -2.26. The van der Waals surface area contributed by atoms with Crippen LogP contribution < -0.4 is 5.26 Å². The molecular formula is C19H33O13S-. The first-order chi connectivity index (χ1) is 15.9. The molecule has 3 rings (SSSR count). The van der Waals surface area contributed by atoms with E-state index >= 15 is 0 Å². The predicted molar refractivity (Wildman–Crippen MR) is 107 cm³/mol. The monoisotopic (exact) mass is 501 g/mol. The fourth-order valence-electron chi connectivity index (χ4n) is 4.77. The number of methoxy groups -OCH3 is 2. The molecule has 3 aliphatic heterocycles. The second kappa shape index (κ2) is 12.7. The van der Waals surface area contributed by atoms with Crippen LogP contribution in [0.25, 0.3) is 0 Å². The van der Waals surface area contributed by atoms with E-state index in [1.54, 1.807) is 14.0 Å². The molecule has 4 unspecified atom stereocenters. The Morgan fingerprint density at radius 3 is 2.45 bits per heavy atom. The van der Waals surface area contributed by atoms with Crippen LogP contribution in [0.4, 0.5) is 0 Å². The lowest BCUT2D eigenvalue weighted by Gasteiger charge is -2.49. The van der Waals surface area contributed by atoms with Crippen LogP contribution in [0.3, 0.4) is 0 Å². The molecular weight excluding hydrogens is 468 g/mol. The Balaban J connectivity index is 1.59. The van der Waals surface area contributed by atoms with Crippen molar-refractivity contribution in [3.8, 4) is 0 Å². The summed E-state index contributed by atoms with van der Waals surface area (Å²) in [6.07, 6.45) is -4.75. The van der Waals surface area contributed by atoms with Crippen molar-refractivity contribution in [3.05, 3.63) is 0 Å². The van der Waals surface area contributed by atoms with Crippen LogP contribution in [-0.2, 0) is 42.0 Å². The van der Waals surface area contributed by atoms with Gasteiger partial charge >= 0.3 is 0 Å². The summed E-state index contributed by atoms with van der Waals surface area (Å²) in [7, 11) is 3.01. The van der Waals surface area contributed by atoms with E-state index in [2.05, 4.69) is 9.37 Å². The van der Waals surface area contributed by atoms with E-state index in [-0.39, 0.29) is 50.8 Å². The van der Waals surface area contributed by atoms with Gasteiger partial charge in [-0.25, -0.2) is 0 Å². The van der Waals surface area contributed by atoms with Crippen LogP contribution in [0.5, 0.6) is 0 Å². The van der Waals surface area contributed by atoms with E-state index in [0.717, 1.165) is 0 Å². The molecule has 33 heavy (non-hydrogen) atoms. The quantitative estimate of drug-likeness (QED) is 0.107. The van der Waals surface area contributed by atoms with Crippen molar-refractivity contribution < 1.29 is 62.6 Å². The smallest absolute Gasteiger partial charge is 0.193 e. The van der Waals surface area contributed by atoms with Gasteiger partial charge in [0.15, 0.2) is 12.3 Å². The normalized spacial score (nSPS) is 43.2. The van der Waals surface area contributed by atoms with Crippen LogP contribution in [0.15, 0.2) is 0 Å². The van der Waals surface area contributed by atoms with Crippen LogP contribution in [0.1, 0.15) is 6.92 Å². The van der Waals surface area contributed by atoms with Gasteiger partial charge in [0, 0.05) is 26.1 Å². The molecule has 2 bridgehead atoms. The largest absolute Gasteiger partial charge is 0.691 e. The number of fused-ring (bicyclic) bond motifs is 2. The van der Waals surface area contributed by atoms with Crippen LogP contribution >= 0.6 is 12.3 Å². The lowest BCUT2D eigenvalue weighted by molar-refractivity contribution is -0.777. The number of ether oxygens (including phenoxy) is 6. The van der Waals surface area contributed by atoms with Crippen molar-refractivity contribution in [3.63, 3.8) is 0 Å². The number of aliphatic hydroxyl groups excluding tert-OH is 3. The maximum absolute atomic E-state index is 10.9. The zero-order valence-electron chi connectivity index (χ0n) is 18.8. The van der Waals surface area contributed by atoms with Crippen LogP contribution in [0, 0.1) is 11.8 Å². The topological polar surface area (TPSA) is 167 Å². The van der Waals surface area contributed by atoms with Crippen LogP contribution in [-0.4, -0.2) is 118 Å². The highest BCUT2D eigenvalue weighted by molar-refractivity contribution is 7.89. The van der Waals surface area contributed by atoms with E-state index in [0.29, 0.717) is 6.61 Å². The SMILES string of the molecule is COC[C@H]1OC2COC([C@H]2COC[C@@H]2OC(C)(CO)[C@@H](OSOO[O-])[C@@H](COC)C2O)[C@@H]1O. The highest BCUT2D eigenvalue weighted by atomic mass is 32.2. The molecule has 3 heterocycles. The molecule has 0 amide bonds. The fraction of sp³-hybridized carbons (Fsp3) is 1.00. The Hall–Kier alpha value is -0.170. The third kappa shape index (κ3) is 6.16. The molecule has 0 aromatic heterocycles. The van der Waals surface area contributed by atoms with E-state index in [1.165, 1.54) is 7.11 Å². The molecule has 0 aromatic carbocycles.